The molecule has 1 saturated heterocycles. The zero-order valence-electron chi connectivity index (χ0n) is 18.3. The maximum Gasteiger partial charge on any atom is 0.236 e. The Morgan fingerprint density at radius 1 is 1.06 bits per heavy atom. The summed E-state index contributed by atoms with van der Waals surface area (Å²) in [6.45, 7) is 5.99. The number of hydrogen-bond donors (Lipinski definition) is 2. The van der Waals surface area contributed by atoms with Gasteiger partial charge in [-0.05, 0) is 62.8 Å². The standard InChI is InChI=1S/C26H25N3O2S/c1-16-13-14-20(17(2)15-16)27-24(30)22-23-19-11-7-8-12-21(19)31-26(22,3)29(25(32)28-23)18-9-5-4-6-10-18/h4-15,22-23H,1-3H3,(H,27,30)(H,28,32)/t22-,23-,26+/m1/s1. The molecule has 5 nitrogen and oxygen atoms in total. The minimum atomic E-state index is -1.01. The van der Waals surface area contributed by atoms with Gasteiger partial charge in [-0.1, -0.05) is 54.1 Å². The molecule has 0 spiro atoms. The minimum Gasteiger partial charge on any atom is -0.467 e. The van der Waals surface area contributed by atoms with Crippen molar-refractivity contribution in [2.75, 3.05) is 10.2 Å². The lowest BCUT2D eigenvalue weighted by Crippen LogP contribution is -2.72. The molecule has 5 rings (SSSR count). The molecular weight excluding hydrogens is 418 g/mol. The van der Waals surface area contributed by atoms with Crippen molar-refractivity contribution in [1.82, 2.24) is 5.32 Å². The number of benzene rings is 3. The van der Waals surface area contributed by atoms with Gasteiger partial charge in [-0.25, -0.2) is 0 Å². The number of nitrogens with zero attached hydrogens (tertiary/aromatic N) is 1. The number of carbonyl (C=O) groups is 1. The molecule has 1 amide bonds. The number of para-hydroxylation sites is 2. The molecule has 3 aromatic rings. The molecule has 0 unspecified atom stereocenters. The molecule has 3 aromatic carbocycles. The summed E-state index contributed by atoms with van der Waals surface area (Å²) >= 11 is 5.77. The summed E-state index contributed by atoms with van der Waals surface area (Å²) in [7, 11) is 0. The molecule has 2 bridgehead atoms. The third-order valence-corrected chi connectivity index (χ3v) is 6.64. The molecule has 0 aromatic heterocycles. The Balaban J connectivity index is 1.61. The SMILES string of the molecule is Cc1ccc(NC(=O)[C@H]2[C@@H]3NC(=S)N(c4ccccc4)[C@@]2(C)Oc2ccccc23)c(C)c1. The third-order valence-electron chi connectivity index (χ3n) is 6.34. The van der Waals surface area contributed by atoms with E-state index in [0.717, 1.165) is 33.8 Å². The average molecular weight is 444 g/mol. The fourth-order valence-corrected chi connectivity index (χ4v) is 5.27. The van der Waals surface area contributed by atoms with Gasteiger partial charge in [0.05, 0.1) is 6.04 Å². The highest BCUT2D eigenvalue weighted by atomic mass is 32.1. The van der Waals surface area contributed by atoms with Crippen LogP contribution in [-0.4, -0.2) is 16.7 Å². The van der Waals surface area contributed by atoms with Crippen LogP contribution >= 0.6 is 12.2 Å². The predicted molar refractivity (Wildman–Crippen MR) is 131 cm³/mol. The van der Waals surface area contributed by atoms with Crippen LogP contribution in [0, 0.1) is 19.8 Å². The molecule has 1 fully saturated rings. The number of anilines is 2. The topological polar surface area (TPSA) is 53.6 Å². The first-order valence-corrected chi connectivity index (χ1v) is 11.1. The molecule has 2 aliphatic rings. The van der Waals surface area contributed by atoms with Gasteiger partial charge in [0.25, 0.3) is 0 Å². The van der Waals surface area contributed by atoms with Crippen molar-refractivity contribution >= 4 is 34.6 Å². The number of hydrogen-bond acceptors (Lipinski definition) is 3. The van der Waals surface area contributed by atoms with Crippen LogP contribution in [0.3, 0.4) is 0 Å². The molecule has 162 valence electrons. The van der Waals surface area contributed by atoms with Gasteiger partial charge in [0.1, 0.15) is 11.7 Å². The summed E-state index contributed by atoms with van der Waals surface area (Å²) in [5.41, 5.74) is 3.77. The van der Waals surface area contributed by atoms with Gasteiger partial charge < -0.3 is 15.4 Å². The van der Waals surface area contributed by atoms with Crippen LogP contribution in [-0.2, 0) is 4.79 Å². The fraction of sp³-hybridized carbons (Fsp3) is 0.231. The van der Waals surface area contributed by atoms with Crippen molar-refractivity contribution in [2.24, 2.45) is 5.92 Å². The molecule has 6 heteroatoms. The van der Waals surface area contributed by atoms with Crippen molar-refractivity contribution in [1.29, 1.82) is 0 Å². The molecule has 2 heterocycles. The van der Waals surface area contributed by atoms with E-state index < -0.39 is 11.6 Å². The van der Waals surface area contributed by atoms with E-state index in [0.29, 0.717) is 5.11 Å². The lowest BCUT2D eigenvalue weighted by atomic mass is 9.78. The van der Waals surface area contributed by atoms with Gasteiger partial charge in [0, 0.05) is 16.9 Å². The van der Waals surface area contributed by atoms with Gasteiger partial charge in [0.2, 0.25) is 5.91 Å². The highest BCUT2D eigenvalue weighted by Gasteiger charge is 2.59. The van der Waals surface area contributed by atoms with Crippen molar-refractivity contribution in [3.8, 4) is 5.75 Å². The van der Waals surface area contributed by atoms with Crippen molar-refractivity contribution < 1.29 is 9.53 Å². The third kappa shape index (κ3) is 3.22. The average Bonchev–Trinajstić information content (AvgIpc) is 2.75. The van der Waals surface area contributed by atoms with Crippen molar-refractivity contribution in [3.63, 3.8) is 0 Å². The Kier molecular flexibility index (Phi) is 4.90. The monoisotopic (exact) mass is 443 g/mol. The number of fused-ring (bicyclic) bond motifs is 4. The fourth-order valence-electron chi connectivity index (χ4n) is 4.86. The highest BCUT2D eigenvalue weighted by Crippen LogP contribution is 2.49. The highest BCUT2D eigenvalue weighted by molar-refractivity contribution is 7.80. The zero-order chi connectivity index (χ0) is 22.5. The number of carbonyl (C=O) groups excluding carboxylic acids is 1. The molecule has 3 atom stereocenters. The van der Waals surface area contributed by atoms with Crippen LogP contribution in [0.2, 0.25) is 0 Å². The van der Waals surface area contributed by atoms with Gasteiger partial charge in [0.15, 0.2) is 10.8 Å². The van der Waals surface area contributed by atoms with E-state index in [1.165, 1.54) is 0 Å². The summed E-state index contributed by atoms with van der Waals surface area (Å²) in [5.74, 6) is 0.0893. The van der Waals surface area contributed by atoms with Gasteiger partial charge >= 0.3 is 0 Å². The number of rotatable bonds is 3. The largest absolute Gasteiger partial charge is 0.467 e. The first-order valence-electron chi connectivity index (χ1n) is 10.7. The maximum atomic E-state index is 13.8. The number of aryl methyl sites for hydroxylation is 2. The number of nitrogens with one attached hydrogen (secondary N) is 2. The summed E-state index contributed by atoms with van der Waals surface area (Å²) in [5, 5.41) is 7.12. The Morgan fingerprint density at radius 2 is 1.78 bits per heavy atom. The summed E-state index contributed by atoms with van der Waals surface area (Å²) < 4.78 is 6.59. The van der Waals surface area contributed by atoms with Crippen LogP contribution < -0.4 is 20.3 Å². The Bertz CT molecular complexity index is 1210. The molecule has 32 heavy (non-hydrogen) atoms. The summed E-state index contributed by atoms with van der Waals surface area (Å²) in [4.78, 5) is 15.7. The van der Waals surface area contributed by atoms with Crippen LogP contribution in [0.5, 0.6) is 5.75 Å². The van der Waals surface area contributed by atoms with Crippen molar-refractivity contribution in [3.05, 3.63) is 89.5 Å². The van der Waals surface area contributed by atoms with E-state index in [2.05, 4.69) is 16.7 Å². The molecule has 0 saturated carbocycles. The first-order chi connectivity index (χ1) is 15.4. The second kappa shape index (κ2) is 7.64. The van der Waals surface area contributed by atoms with Crippen molar-refractivity contribution in [2.45, 2.75) is 32.5 Å². The zero-order valence-corrected chi connectivity index (χ0v) is 19.1. The maximum absolute atomic E-state index is 13.8. The first kappa shape index (κ1) is 20.5. The molecule has 0 aliphatic carbocycles. The van der Waals surface area contributed by atoms with Crippen LogP contribution in [0.25, 0.3) is 0 Å². The van der Waals surface area contributed by atoms with Gasteiger partial charge in [-0.2, -0.15) is 0 Å². The molecular formula is C26H25N3O2S. The Hall–Kier alpha value is -3.38. The van der Waals surface area contributed by atoms with Crippen LogP contribution in [0.1, 0.15) is 29.7 Å². The lowest BCUT2D eigenvalue weighted by molar-refractivity contribution is -0.130. The van der Waals surface area contributed by atoms with Crippen LogP contribution in [0.4, 0.5) is 11.4 Å². The minimum absolute atomic E-state index is 0.116. The Labute approximate surface area is 193 Å². The second-order valence-electron chi connectivity index (χ2n) is 8.58. The van der Waals surface area contributed by atoms with E-state index in [1.54, 1.807) is 0 Å². The normalized spacial score (nSPS) is 23.6. The van der Waals surface area contributed by atoms with E-state index in [1.807, 2.05) is 92.4 Å². The summed E-state index contributed by atoms with van der Waals surface area (Å²) in [6.07, 6.45) is 0. The molecule has 2 N–H and O–H groups in total. The second-order valence-corrected chi connectivity index (χ2v) is 8.96. The number of amides is 1. The smallest absolute Gasteiger partial charge is 0.236 e. The number of ether oxygens (including phenoxy) is 1. The van der Waals surface area contributed by atoms with Crippen LogP contribution in [0.15, 0.2) is 72.8 Å². The number of thiocarbonyl (C=S) groups is 1. The lowest BCUT2D eigenvalue weighted by Gasteiger charge is -2.56. The van der Waals surface area contributed by atoms with E-state index in [9.17, 15) is 4.79 Å². The van der Waals surface area contributed by atoms with Gasteiger partial charge in [-0.15, -0.1) is 0 Å². The van der Waals surface area contributed by atoms with E-state index in [4.69, 9.17) is 17.0 Å². The van der Waals surface area contributed by atoms with E-state index >= 15 is 0 Å². The van der Waals surface area contributed by atoms with E-state index in [-0.39, 0.29) is 11.9 Å². The molecule has 2 aliphatic heterocycles. The summed E-state index contributed by atoms with van der Waals surface area (Å²) in [6, 6.07) is 23.4. The predicted octanol–water partition coefficient (Wildman–Crippen LogP) is 5.10. The Morgan fingerprint density at radius 3 is 2.53 bits per heavy atom. The molecule has 0 radical (unpaired) electrons. The quantitative estimate of drug-likeness (QED) is 0.552. The van der Waals surface area contributed by atoms with Gasteiger partial charge in [-0.3, -0.25) is 9.69 Å².